The molecule has 2 heterocycles. The highest BCUT2D eigenvalue weighted by Crippen LogP contribution is 2.07. The molecule has 74 valence electrons. The van der Waals surface area contributed by atoms with Gasteiger partial charge in [-0.1, -0.05) is 0 Å². The predicted octanol–water partition coefficient (Wildman–Crippen LogP) is 1.46. The Balaban J connectivity index is 1.78. The first-order valence-corrected chi connectivity index (χ1v) is 5.32. The minimum Gasteiger partial charge on any atom is -0.348 e. The molecule has 5 heteroatoms. The van der Waals surface area contributed by atoms with Crippen LogP contribution in [0.5, 0.6) is 0 Å². The SMILES string of the molecule is Cc1nc(CNCc2ncc[nH]2)cs1. The van der Waals surface area contributed by atoms with Crippen molar-refractivity contribution in [2.75, 3.05) is 0 Å². The van der Waals surface area contributed by atoms with Gasteiger partial charge in [0.1, 0.15) is 5.82 Å². The number of rotatable bonds is 4. The Bertz CT molecular complexity index is 379. The first-order chi connectivity index (χ1) is 6.84. The number of nitrogens with zero attached hydrogens (tertiary/aromatic N) is 2. The molecule has 0 radical (unpaired) electrons. The van der Waals surface area contributed by atoms with Gasteiger partial charge in [0.05, 0.1) is 17.2 Å². The van der Waals surface area contributed by atoms with E-state index in [1.165, 1.54) is 0 Å². The normalized spacial score (nSPS) is 10.6. The third-order valence-electron chi connectivity index (χ3n) is 1.82. The Kier molecular flexibility index (Phi) is 2.90. The van der Waals surface area contributed by atoms with Gasteiger partial charge < -0.3 is 10.3 Å². The van der Waals surface area contributed by atoms with Gasteiger partial charge in [-0.3, -0.25) is 0 Å². The van der Waals surface area contributed by atoms with Gasteiger partial charge in [-0.15, -0.1) is 11.3 Å². The quantitative estimate of drug-likeness (QED) is 0.800. The Hall–Kier alpha value is -1.20. The van der Waals surface area contributed by atoms with Crippen molar-refractivity contribution in [2.45, 2.75) is 20.0 Å². The van der Waals surface area contributed by atoms with Gasteiger partial charge in [0.2, 0.25) is 0 Å². The second-order valence-electron chi connectivity index (χ2n) is 3.00. The van der Waals surface area contributed by atoms with Crippen LogP contribution in [0.2, 0.25) is 0 Å². The van der Waals surface area contributed by atoms with Crippen LogP contribution in [0, 0.1) is 6.92 Å². The van der Waals surface area contributed by atoms with Crippen molar-refractivity contribution < 1.29 is 0 Å². The molecular weight excluding hydrogens is 196 g/mol. The fraction of sp³-hybridized carbons (Fsp3) is 0.333. The van der Waals surface area contributed by atoms with Crippen molar-refractivity contribution in [3.63, 3.8) is 0 Å². The van der Waals surface area contributed by atoms with E-state index in [4.69, 9.17) is 0 Å². The van der Waals surface area contributed by atoms with Crippen LogP contribution in [0.15, 0.2) is 17.8 Å². The van der Waals surface area contributed by atoms with E-state index in [1.807, 2.05) is 13.1 Å². The van der Waals surface area contributed by atoms with Gasteiger partial charge in [-0.05, 0) is 6.92 Å². The number of imidazole rings is 1. The van der Waals surface area contributed by atoms with Crippen LogP contribution in [0.3, 0.4) is 0 Å². The lowest BCUT2D eigenvalue weighted by Crippen LogP contribution is -2.13. The van der Waals surface area contributed by atoms with Crippen molar-refractivity contribution in [2.24, 2.45) is 0 Å². The van der Waals surface area contributed by atoms with Crippen LogP contribution in [0.1, 0.15) is 16.5 Å². The summed E-state index contributed by atoms with van der Waals surface area (Å²) in [4.78, 5) is 11.5. The van der Waals surface area contributed by atoms with Crippen molar-refractivity contribution in [3.05, 3.63) is 34.3 Å². The largest absolute Gasteiger partial charge is 0.348 e. The molecule has 0 fully saturated rings. The summed E-state index contributed by atoms with van der Waals surface area (Å²) in [6, 6.07) is 0. The minimum atomic E-state index is 0.754. The number of aromatic nitrogens is 3. The van der Waals surface area contributed by atoms with Gasteiger partial charge in [0.25, 0.3) is 0 Å². The Morgan fingerprint density at radius 2 is 2.43 bits per heavy atom. The molecule has 0 spiro atoms. The van der Waals surface area contributed by atoms with Crippen molar-refractivity contribution in [3.8, 4) is 0 Å². The molecule has 0 aliphatic heterocycles. The average Bonchev–Trinajstić information content (AvgIpc) is 2.77. The van der Waals surface area contributed by atoms with Crippen LogP contribution < -0.4 is 5.32 Å². The third kappa shape index (κ3) is 2.40. The molecule has 0 aromatic carbocycles. The van der Waals surface area contributed by atoms with Gasteiger partial charge in [-0.25, -0.2) is 9.97 Å². The highest BCUT2D eigenvalue weighted by Gasteiger charge is 1.98. The molecule has 0 saturated heterocycles. The highest BCUT2D eigenvalue weighted by molar-refractivity contribution is 7.09. The molecular formula is C9H12N4S. The summed E-state index contributed by atoms with van der Waals surface area (Å²) in [6.45, 7) is 3.56. The van der Waals surface area contributed by atoms with Gasteiger partial charge in [-0.2, -0.15) is 0 Å². The van der Waals surface area contributed by atoms with Crippen LogP contribution in [0.4, 0.5) is 0 Å². The molecule has 4 nitrogen and oxygen atoms in total. The molecule has 0 aliphatic rings. The van der Waals surface area contributed by atoms with Crippen LogP contribution in [-0.4, -0.2) is 15.0 Å². The Morgan fingerprint density at radius 1 is 1.50 bits per heavy atom. The monoisotopic (exact) mass is 208 g/mol. The van der Waals surface area contributed by atoms with E-state index in [-0.39, 0.29) is 0 Å². The average molecular weight is 208 g/mol. The zero-order valence-electron chi connectivity index (χ0n) is 7.95. The number of aromatic amines is 1. The predicted molar refractivity (Wildman–Crippen MR) is 56.0 cm³/mol. The fourth-order valence-corrected chi connectivity index (χ4v) is 1.81. The molecule has 0 aliphatic carbocycles. The molecule has 0 atom stereocenters. The van der Waals surface area contributed by atoms with Crippen LogP contribution >= 0.6 is 11.3 Å². The molecule has 2 N–H and O–H groups in total. The second-order valence-corrected chi connectivity index (χ2v) is 4.06. The van der Waals surface area contributed by atoms with Gasteiger partial charge >= 0.3 is 0 Å². The number of thiazole rings is 1. The van der Waals surface area contributed by atoms with E-state index in [0.717, 1.165) is 29.6 Å². The smallest absolute Gasteiger partial charge is 0.120 e. The molecule has 2 rings (SSSR count). The zero-order chi connectivity index (χ0) is 9.80. The van der Waals surface area contributed by atoms with E-state index in [2.05, 4.69) is 25.6 Å². The minimum absolute atomic E-state index is 0.754. The number of H-pyrrole nitrogens is 1. The molecule has 0 amide bonds. The summed E-state index contributed by atoms with van der Waals surface area (Å²) in [5.74, 6) is 0.956. The van der Waals surface area contributed by atoms with Crippen LogP contribution in [-0.2, 0) is 13.1 Å². The maximum Gasteiger partial charge on any atom is 0.120 e. The van der Waals surface area contributed by atoms with E-state index in [1.54, 1.807) is 17.5 Å². The van der Waals surface area contributed by atoms with E-state index in [0.29, 0.717) is 0 Å². The van der Waals surface area contributed by atoms with Crippen molar-refractivity contribution in [1.29, 1.82) is 0 Å². The van der Waals surface area contributed by atoms with Gasteiger partial charge in [0.15, 0.2) is 0 Å². The van der Waals surface area contributed by atoms with Crippen LogP contribution in [0.25, 0.3) is 0 Å². The first-order valence-electron chi connectivity index (χ1n) is 4.44. The number of hydrogen-bond acceptors (Lipinski definition) is 4. The summed E-state index contributed by atoms with van der Waals surface area (Å²) < 4.78 is 0. The zero-order valence-corrected chi connectivity index (χ0v) is 8.77. The molecule has 2 aromatic heterocycles. The summed E-state index contributed by atoms with van der Waals surface area (Å²) >= 11 is 1.68. The lowest BCUT2D eigenvalue weighted by atomic mass is 10.4. The van der Waals surface area contributed by atoms with E-state index >= 15 is 0 Å². The Morgan fingerprint density at radius 3 is 3.07 bits per heavy atom. The summed E-state index contributed by atoms with van der Waals surface area (Å²) in [5.41, 5.74) is 1.10. The van der Waals surface area contributed by atoms with Gasteiger partial charge in [0, 0.05) is 24.3 Å². The fourth-order valence-electron chi connectivity index (χ4n) is 1.19. The molecule has 2 aromatic rings. The number of aryl methyl sites for hydroxylation is 1. The van der Waals surface area contributed by atoms with E-state index in [9.17, 15) is 0 Å². The standard InChI is InChI=1S/C9H12N4S/c1-7-13-8(6-14-7)4-10-5-9-11-2-3-12-9/h2-3,6,10H,4-5H2,1H3,(H,11,12). The third-order valence-corrected chi connectivity index (χ3v) is 2.64. The molecule has 0 unspecified atom stereocenters. The summed E-state index contributed by atoms with van der Waals surface area (Å²) in [7, 11) is 0. The molecule has 0 saturated carbocycles. The van der Waals surface area contributed by atoms with Crippen molar-refractivity contribution >= 4 is 11.3 Å². The van der Waals surface area contributed by atoms with E-state index < -0.39 is 0 Å². The lowest BCUT2D eigenvalue weighted by molar-refractivity contribution is 0.659. The summed E-state index contributed by atoms with van der Waals surface area (Å²) in [6.07, 6.45) is 3.58. The highest BCUT2D eigenvalue weighted by atomic mass is 32.1. The molecule has 0 bridgehead atoms. The maximum absolute atomic E-state index is 4.35. The lowest BCUT2D eigenvalue weighted by Gasteiger charge is -1.98. The maximum atomic E-state index is 4.35. The number of nitrogens with one attached hydrogen (secondary N) is 2. The summed E-state index contributed by atoms with van der Waals surface area (Å²) in [5, 5.41) is 6.45. The second kappa shape index (κ2) is 4.34. The Labute approximate surface area is 86.4 Å². The molecule has 14 heavy (non-hydrogen) atoms. The first kappa shape index (κ1) is 9.36. The number of hydrogen-bond donors (Lipinski definition) is 2. The van der Waals surface area contributed by atoms with Crippen molar-refractivity contribution in [1.82, 2.24) is 20.3 Å². The topological polar surface area (TPSA) is 53.6 Å².